The highest BCUT2D eigenvalue weighted by Gasteiger charge is 2.44. The van der Waals surface area contributed by atoms with Gasteiger partial charge in [0.1, 0.15) is 11.9 Å². The molecule has 3 aliphatic heterocycles. The summed E-state index contributed by atoms with van der Waals surface area (Å²) < 4.78 is 0. The molecule has 4 amide bonds. The standard InChI is InChI=1S/C22H22N6O4/c23-13-1-5-18(24-12-13)27-9-7-26(8-10-27)14-2-3-15-16(11-14)22(32)28(21(15)31)17-4-6-19(29)25-20(17)30/h1-3,5,11-12,17H,4,6-10,23H2,(H,25,29,30). The summed E-state index contributed by atoms with van der Waals surface area (Å²) in [5.41, 5.74) is 7.76. The van der Waals surface area contributed by atoms with Crippen molar-refractivity contribution in [2.45, 2.75) is 18.9 Å². The number of benzene rings is 1. The minimum absolute atomic E-state index is 0.0994. The van der Waals surface area contributed by atoms with E-state index in [4.69, 9.17) is 5.73 Å². The summed E-state index contributed by atoms with van der Waals surface area (Å²) in [6.45, 7) is 2.96. The number of nitrogens with two attached hydrogens (primary N) is 1. The van der Waals surface area contributed by atoms with Crippen molar-refractivity contribution in [3.63, 3.8) is 0 Å². The van der Waals surface area contributed by atoms with Crippen molar-refractivity contribution in [1.82, 2.24) is 15.2 Å². The van der Waals surface area contributed by atoms with E-state index in [2.05, 4.69) is 20.1 Å². The Balaban J connectivity index is 1.31. The zero-order chi connectivity index (χ0) is 22.4. The number of anilines is 3. The van der Waals surface area contributed by atoms with Crippen LogP contribution in [0.1, 0.15) is 33.6 Å². The highest BCUT2D eigenvalue weighted by Crippen LogP contribution is 2.31. The van der Waals surface area contributed by atoms with Gasteiger partial charge in [-0.1, -0.05) is 0 Å². The summed E-state index contributed by atoms with van der Waals surface area (Å²) >= 11 is 0. The van der Waals surface area contributed by atoms with Crippen LogP contribution in [0.15, 0.2) is 36.5 Å². The number of aromatic nitrogens is 1. The first-order valence-electron chi connectivity index (χ1n) is 10.5. The fourth-order valence-corrected chi connectivity index (χ4v) is 4.43. The molecule has 10 nitrogen and oxygen atoms in total. The number of nitrogen functional groups attached to an aromatic ring is 1. The molecule has 1 aromatic carbocycles. The van der Waals surface area contributed by atoms with Crippen molar-refractivity contribution in [3.05, 3.63) is 47.7 Å². The average molecular weight is 434 g/mol. The second-order valence-electron chi connectivity index (χ2n) is 8.10. The van der Waals surface area contributed by atoms with Crippen LogP contribution in [0.4, 0.5) is 17.2 Å². The van der Waals surface area contributed by atoms with E-state index in [-0.39, 0.29) is 18.4 Å². The van der Waals surface area contributed by atoms with Crippen LogP contribution < -0.4 is 20.9 Å². The average Bonchev–Trinajstić information content (AvgIpc) is 3.04. The van der Waals surface area contributed by atoms with Gasteiger partial charge in [-0.15, -0.1) is 0 Å². The Bertz CT molecular complexity index is 1120. The van der Waals surface area contributed by atoms with E-state index < -0.39 is 29.7 Å². The summed E-state index contributed by atoms with van der Waals surface area (Å²) in [5, 5.41) is 2.21. The summed E-state index contributed by atoms with van der Waals surface area (Å²) in [6.07, 6.45) is 1.88. The van der Waals surface area contributed by atoms with Crippen molar-refractivity contribution in [1.29, 1.82) is 0 Å². The summed E-state index contributed by atoms with van der Waals surface area (Å²) in [5.74, 6) is -1.12. The summed E-state index contributed by atoms with van der Waals surface area (Å²) in [7, 11) is 0. The van der Waals surface area contributed by atoms with E-state index in [1.165, 1.54) is 0 Å². The molecule has 3 aliphatic rings. The maximum absolute atomic E-state index is 13.0. The lowest BCUT2D eigenvalue weighted by molar-refractivity contribution is -0.136. The van der Waals surface area contributed by atoms with Gasteiger partial charge in [0.2, 0.25) is 11.8 Å². The van der Waals surface area contributed by atoms with Crippen LogP contribution in [0, 0.1) is 0 Å². The topological polar surface area (TPSA) is 129 Å². The fraction of sp³-hybridized carbons (Fsp3) is 0.318. The number of rotatable bonds is 3. The number of amides is 4. The highest BCUT2D eigenvalue weighted by atomic mass is 16.2. The molecular formula is C22H22N6O4. The van der Waals surface area contributed by atoms with E-state index in [1.54, 1.807) is 18.3 Å². The van der Waals surface area contributed by atoms with Crippen LogP contribution in [0.5, 0.6) is 0 Å². The van der Waals surface area contributed by atoms with Crippen molar-refractivity contribution >= 4 is 40.8 Å². The quantitative estimate of drug-likeness (QED) is 0.664. The zero-order valence-corrected chi connectivity index (χ0v) is 17.3. The van der Waals surface area contributed by atoms with Gasteiger partial charge >= 0.3 is 0 Å². The Morgan fingerprint density at radius 2 is 1.62 bits per heavy atom. The maximum Gasteiger partial charge on any atom is 0.262 e. The molecule has 0 spiro atoms. The van der Waals surface area contributed by atoms with Gasteiger partial charge in [0.05, 0.1) is 23.0 Å². The number of carbonyl (C=O) groups excluding carboxylic acids is 4. The van der Waals surface area contributed by atoms with E-state index in [9.17, 15) is 19.2 Å². The molecule has 164 valence electrons. The van der Waals surface area contributed by atoms with Crippen LogP contribution in [0.2, 0.25) is 0 Å². The first-order chi connectivity index (χ1) is 15.4. The molecule has 0 radical (unpaired) electrons. The van der Waals surface area contributed by atoms with Gasteiger partial charge in [-0.05, 0) is 36.8 Å². The van der Waals surface area contributed by atoms with Crippen LogP contribution in [-0.4, -0.2) is 65.7 Å². The molecule has 32 heavy (non-hydrogen) atoms. The molecule has 1 atom stereocenters. The number of carbonyl (C=O) groups is 4. The van der Waals surface area contributed by atoms with Gasteiger partial charge in [0.15, 0.2) is 0 Å². The molecule has 0 bridgehead atoms. The first kappa shape index (κ1) is 20.0. The summed E-state index contributed by atoms with van der Waals surface area (Å²) in [4.78, 5) is 59.2. The Morgan fingerprint density at radius 3 is 2.31 bits per heavy atom. The zero-order valence-electron chi connectivity index (χ0n) is 17.3. The lowest BCUT2D eigenvalue weighted by atomic mass is 10.0. The Hall–Kier alpha value is -3.95. The lowest BCUT2D eigenvalue weighted by Crippen LogP contribution is -2.54. The number of hydrogen-bond acceptors (Lipinski definition) is 8. The van der Waals surface area contributed by atoms with Crippen LogP contribution in [-0.2, 0) is 9.59 Å². The van der Waals surface area contributed by atoms with E-state index in [0.717, 1.165) is 42.6 Å². The second-order valence-corrected chi connectivity index (χ2v) is 8.10. The van der Waals surface area contributed by atoms with E-state index >= 15 is 0 Å². The van der Waals surface area contributed by atoms with E-state index in [1.807, 2.05) is 18.2 Å². The first-order valence-corrected chi connectivity index (χ1v) is 10.5. The second kappa shape index (κ2) is 7.63. The predicted molar refractivity (Wildman–Crippen MR) is 116 cm³/mol. The van der Waals surface area contributed by atoms with Gasteiger partial charge in [-0.3, -0.25) is 29.4 Å². The third-order valence-electron chi connectivity index (χ3n) is 6.16. The molecule has 0 saturated carbocycles. The third-order valence-corrected chi connectivity index (χ3v) is 6.16. The molecule has 10 heteroatoms. The van der Waals surface area contributed by atoms with Crippen molar-refractivity contribution in [3.8, 4) is 0 Å². The minimum Gasteiger partial charge on any atom is -0.397 e. The Kier molecular flexibility index (Phi) is 4.76. The predicted octanol–water partition coefficient (Wildman–Crippen LogP) is 0.392. The highest BCUT2D eigenvalue weighted by molar-refractivity contribution is 6.23. The fourth-order valence-electron chi connectivity index (χ4n) is 4.43. The van der Waals surface area contributed by atoms with E-state index in [0.29, 0.717) is 11.3 Å². The number of imide groups is 2. The number of nitrogens with one attached hydrogen (secondary N) is 1. The molecular weight excluding hydrogens is 412 g/mol. The molecule has 3 N–H and O–H groups in total. The number of fused-ring (bicyclic) bond motifs is 1. The minimum atomic E-state index is -0.959. The smallest absolute Gasteiger partial charge is 0.262 e. The number of pyridine rings is 1. The Labute approximate surface area is 184 Å². The number of nitrogens with zero attached hydrogens (tertiary/aromatic N) is 4. The molecule has 2 saturated heterocycles. The molecule has 4 heterocycles. The number of piperidine rings is 1. The monoisotopic (exact) mass is 434 g/mol. The van der Waals surface area contributed by atoms with Crippen LogP contribution >= 0.6 is 0 Å². The molecule has 2 aromatic rings. The third kappa shape index (κ3) is 3.33. The molecule has 5 rings (SSSR count). The normalized spacial score (nSPS) is 21.1. The molecule has 1 aromatic heterocycles. The molecule has 2 fully saturated rings. The largest absolute Gasteiger partial charge is 0.397 e. The van der Waals surface area contributed by atoms with Gasteiger partial charge in [0, 0.05) is 38.3 Å². The van der Waals surface area contributed by atoms with Gasteiger partial charge in [-0.25, -0.2) is 4.98 Å². The Morgan fingerprint density at radius 1 is 0.906 bits per heavy atom. The van der Waals surface area contributed by atoms with Crippen molar-refractivity contribution in [2.75, 3.05) is 41.7 Å². The van der Waals surface area contributed by atoms with Crippen LogP contribution in [0.3, 0.4) is 0 Å². The molecule has 1 unspecified atom stereocenters. The summed E-state index contributed by atoms with van der Waals surface area (Å²) in [6, 6.07) is 7.96. The molecule has 0 aliphatic carbocycles. The SMILES string of the molecule is Nc1ccc(N2CCN(c3ccc4c(c3)C(=O)N(C3CCC(=O)NC3=O)C4=O)CC2)nc1. The van der Waals surface area contributed by atoms with Gasteiger partial charge in [-0.2, -0.15) is 0 Å². The maximum atomic E-state index is 13.0. The van der Waals surface area contributed by atoms with Gasteiger partial charge < -0.3 is 15.5 Å². The number of piperazine rings is 1. The lowest BCUT2D eigenvalue weighted by Gasteiger charge is -2.36. The van der Waals surface area contributed by atoms with Gasteiger partial charge in [0.25, 0.3) is 11.8 Å². The van der Waals surface area contributed by atoms with Crippen molar-refractivity contribution in [2.24, 2.45) is 0 Å². The van der Waals surface area contributed by atoms with Crippen molar-refractivity contribution < 1.29 is 19.2 Å². The number of hydrogen-bond donors (Lipinski definition) is 2. The van der Waals surface area contributed by atoms with Crippen LogP contribution in [0.25, 0.3) is 0 Å².